The van der Waals surface area contributed by atoms with Gasteiger partial charge in [0.25, 0.3) is 0 Å². The molecular weight excluding hydrogens is 210 g/mol. The van der Waals surface area contributed by atoms with Crippen LogP contribution in [0, 0.1) is 11.8 Å². The third-order valence-corrected chi connectivity index (χ3v) is 2.86. The molecule has 0 amide bonds. The molecule has 1 heterocycles. The molecule has 1 aliphatic rings. The first-order valence-electron chi connectivity index (χ1n) is 4.98. The lowest BCUT2D eigenvalue weighted by Gasteiger charge is -2.27. The molecule has 0 aromatic carbocycles. The summed E-state index contributed by atoms with van der Waals surface area (Å²) in [5.41, 5.74) is 4.97. The van der Waals surface area contributed by atoms with Gasteiger partial charge in [-0.3, -0.25) is 5.32 Å². The molecule has 0 fully saturated rings. The van der Waals surface area contributed by atoms with Gasteiger partial charge in [0.15, 0.2) is 5.84 Å². The molecule has 0 saturated carbocycles. The van der Waals surface area contributed by atoms with Gasteiger partial charge in [0.1, 0.15) is 5.54 Å². The number of amidine groups is 1. The summed E-state index contributed by atoms with van der Waals surface area (Å²) in [5.74, 6) is 6.07. The maximum absolute atomic E-state index is 6.13. The van der Waals surface area contributed by atoms with E-state index in [-0.39, 0.29) is 0 Å². The van der Waals surface area contributed by atoms with Gasteiger partial charge in [-0.05, 0) is 26.2 Å². The van der Waals surface area contributed by atoms with Gasteiger partial charge in [0.05, 0.1) is 5.03 Å². The monoisotopic (exact) mass is 225 g/mol. The number of nitrogens with two attached hydrogens (primary N) is 1. The second kappa shape index (κ2) is 4.69. The zero-order chi connectivity index (χ0) is 11.5. The van der Waals surface area contributed by atoms with Crippen LogP contribution in [0.25, 0.3) is 0 Å². The number of hydrogen-bond acceptors (Lipinski definition) is 3. The summed E-state index contributed by atoms with van der Waals surface area (Å²) >= 11 is 6.13. The fourth-order valence-electron chi connectivity index (χ4n) is 1.24. The molecule has 1 rings (SSSR count). The Morgan fingerprint density at radius 3 is 3.00 bits per heavy atom. The van der Waals surface area contributed by atoms with Gasteiger partial charge in [0.2, 0.25) is 0 Å². The number of hydrogen-bond donors (Lipinski definition) is 2. The predicted molar refractivity (Wildman–Crippen MR) is 64.6 cm³/mol. The summed E-state index contributed by atoms with van der Waals surface area (Å²) < 4.78 is 0. The van der Waals surface area contributed by atoms with Gasteiger partial charge >= 0.3 is 0 Å². The van der Waals surface area contributed by atoms with E-state index in [4.69, 9.17) is 17.3 Å². The zero-order valence-corrected chi connectivity index (χ0v) is 10.0. The Labute approximate surface area is 95.8 Å². The Bertz CT molecular complexity index is 362. The molecular formula is C11H16ClN3. The van der Waals surface area contributed by atoms with Crippen molar-refractivity contribution in [1.82, 2.24) is 5.32 Å². The number of nitrogens with zero attached hydrogens (tertiary/aromatic N) is 1. The molecule has 2 atom stereocenters. The SMILES string of the molecule is CC[C@@H](C)NC1(C)C#CC(N)=NC=C1Cl. The van der Waals surface area contributed by atoms with E-state index >= 15 is 0 Å². The fourth-order valence-corrected chi connectivity index (χ4v) is 1.39. The fraction of sp³-hybridized carbons (Fsp3) is 0.545. The molecule has 4 heteroatoms. The van der Waals surface area contributed by atoms with Crippen molar-refractivity contribution in [3.8, 4) is 11.8 Å². The molecule has 0 radical (unpaired) electrons. The van der Waals surface area contributed by atoms with Crippen LogP contribution in [0.15, 0.2) is 16.2 Å². The van der Waals surface area contributed by atoms with Crippen LogP contribution < -0.4 is 11.1 Å². The summed E-state index contributed by atoms with van der Waals surface area (Å²) in [4.78, 5) is 3.92. The third kappa shape index (κ3) is 2.98. The molecule has 0 aromatic heterocycles. The second-order valence-electron chi connectivity index (χ2n) is 3.82. The summed E-state index contributed by atoms with van der Waals surface area (Å²) in [6, 6.07) is 0.339. The number of rotatable bonds is 3. The Hall–Kier alpha value is -0.980. The first-order chi connectivity index (χ1) is 6.98. The Balaban J connectivity index is 2.93. The number of aliphatic imine (C=N–C) groups is 1. The van der Waals surface area contributed by atoms with E-state index in [1.165, 1.54) is 0 Å². The number of nitrogens with one attached hydrogen (secondary N) is 1. The molecule has 1 aliphatic heterocycles. The molecule has 15 heavy (non-hydrogen) atoms. The van der Waals surface area contributed by atoms with Gasteiger partial charge in [-0.1, -0.05) is 24.4 Å². The first-order valence-corrected chi connectivity index (χ1v) is 5.36. The van der Waals surface area contributed by atoms with Gasteiger partial charge < -0.3 is 5.73 Å². The zero-order valence-electron chi connectivity index (χ0n) is 9.26. The quantitative estimate of drug-likeness (QED) is 0.717. The summed E-state index contributed by atoms with van der Waals surface area (Å²) in [6.07, 6.45) is 2.55. The topological polar surface area (TPSA) is 50.4 Å². The number of halogens is 1. The van der Waals surface area contributed by atoms with Crippen molar-refractivity contribution in [3.05, 3.63) is 11.2 Å². The van der Waals surface area contributed by atoms with E-state index in [2.05, 4.69) is 36.0 Å². The van der Waals surface area contributed by atoms with Gasteiger partial charge in [-0.25, -0.2) is 4.99 Å². The molecule has 1 unspecified atom stereocenters. The van der Waals surface area contributed by atoms with E-state index in [9.17, 15) is 0 Å². The Morgan fingerprint density at radius 1 is 1.73 bits per heavy atom. The van der Waals surface area contributed by atoms with Crippen molar-refractivity contribution in [1.29, 1.82) is 0 Å². The van der Waals surface area contributed by atoms with Crippen molar-refractivity contribution in [2.75, 3.05) is 0 Å². The van der Waals surface area contributed by atoms with Crippen molar-refractivity contribution < 1.29 is 0 Å². The van der Waals surface area contributed by atoms with Crippen LogP contribution in [0.1, 0.15) is 27.2 Å². The average molecular weight is 226 g/mol. The third-order valence-electron chi connectivity index (χ3n) is 2.38. The molecule has 0 aliphatic carbocycles. The van der Waals surface area contributed by atoms with Crippen LogP contribution in [0.3, 0.4) is 0 Å². The van der Waals surface area contributed by atoms with Crippen LogP contribution in [-0.2, 0) is 0 Å². The van der Waals surface area contributed by atoms with Crippen molar-refractivity contribution in [3.63, 3.8) is 0 Å². The Kier molecular flexibility index (Phi) is 3.78. The minimum atomic E-state index is -0.554. The molecule has 0 aromatic rings. The van der Waals surface area contributed by atoms with Crippen LogP contribution >= 0.6 is 11.6 Å². The van der Waals surface area contributed by atoms with Crippen LogP contribution in [-0.4, -0.2) is 17.4 Å². The first kappa shape index (κ1) is 12.1. The lowest BCUT2D eigenvalue weighted by Crippen LogP contribution is -2.46. The van der Waals surface area contributed by atoms with Crippen molar-refractivity contribution in [2.45, 2.75) is 38.8 Å². The summed E-state index contributed by atoms with van der Waals surface area (Å²) in [7, 11) is 0. The maximum atomic E-state index is 6.13. The van der Waals surface area contributed by atoms with E-state index in [0.29, 0.717) is 16.9 Å². The normalized spacial score (nSPS) is 26.9. The smallest absolute Gasteiger partial charge is 0.175 e. The van der Waals surface area contributed by atoms with Gasteiger partial charge in [-0.2, -0.15) is 0 Å². The van der Waals surface area contributed by atoms with E-state index < -0.39 is 5.54 Å². The lowest BCUT2D eigenvalue weighted by atomic mass is 10.0. The van der Waals surface area contributed by atoms with Crippen molar-refractivity contribution in [2.24, 2.45) is 10.7 Å². The molecule has 3 N–H and O–H groups in total. The Morgan fingerprint density at radius 2 is 2.40 bits per heavy atom. The summed E-state index contributed by atoms with van der Waals surface area (Å²) in [5, 5.41) is 3.92. The average Bonchev–Trinajstić information content (AvgIpc) is 2.32. The van der Waals surface area contributed by atoms with Gasteiger partial charge in [-0.15, -0.1) is 0 Å². The highest BCUT2D eigenvalue weighted by atomic mass is 35.5. The predicted octanol–water partition coefficient (Wildman–Crippen LogP) is 1.59. The molecule has 3 nitrogen and oxygen atoms in total. The van der Waals surface area contributed by atoms with E-state index in [1.807, 2.05) is 6.92 Å². The molecule has 0 spiro atoms. The molecule has 82 valence electrons. The highest BCUT2D eigenvalue weighted by molar-refractivity contribution is 6.31. The van der Waals surface area contributed by atoms with E-state index in [0.717, 1.165) is 6.42 Å². The highest BCUT2D eigenvalue weighted by Crippen LogP contribution is 2.22. The van der Waals surface area contributed by atoms with Crippen LogP contribution in [0.2, 0.25) is 0 Å². The van der Waals surface area contributed by atoms with Crippen LogP contribution in [0.5, 0.6) is 0 Å². The second-order valence-corrected chi connectivity index (χ2v) is 4.23. The highest BCUT2D eigenvalue weighted by Gasteiger charge is 2.27. The summed E-state index contributed by atoms with van der Waals surface area (Å²) in [6.45, 7) is 6.12. The van der Waals surface area contributed by atoms with Crippen LogP contribution in [0.4, 0.5) is 0 Å². The van der Waals surface area contributed by atoms with Crippen molar-refractivity contribution >= 4 is 17.4 Å². The minimum Gasteiger partial charge on any atom is -0.377 e. The van der Waals surface area contributed by atoms with E-state index in [1.54, 1.807) is 6.20 Å². The molecule has 0 bridgehead atoms. The standard InChI is InChI=1S/C11H16ClN3/c1-4-8(2)15-11(3)6-5-10(13)14-7-9(11)12/h7-8,15H,4H2,1-3H3,(H2,13,14)/t8-,11?/m1/s1. The lowest BCUT2D eigenvalue weighted by molar-refractivity contribution is 0.441. The minimum absolute atomic E-state index is 0.294. The maximum Gasteiger partial charge on any atom is 0.175 e. The molecule has 0 saturated heterocycles. The van der Waals surface area contributed by atoms with Gasteiger partial charge in [0, 0.05) is 12.2 Å². The largest absolute Gasteiger partial charge is 0.377 e.